The Kier molecular flexibility index (Phi) is 2.43. The van der Waals surface area contributed by atoms with E-state index in [9.17, 15) is 8.78 Å². The lowest BCUT2D eigenvalue weighted by molar-refractivity contribution is 0.588. The number of halogens is 2. The monoisotopic (exact) mass is 229 g/mol. The Morgan fingerprint density at radius 2 is 1.82 bits per heavy atom. The van der Waals surface area contributed by atoms with Crippen LogP contribution >= 0.6 is 0 Å². The number of hydrogen-bond acceptors (Lipinski definition) is 0. The Balaban J connectivity index is 2.16. The van der Waals surface area contributed by atoms with Crippen molar-refractivity contribution in [3.63, 3.8) is 0 Å². The predicted octanol–water partition coefficient (Wildman–Crippen LogP) is 3.92. The number of benzene rings is 2. The second-order valence-corrected chi connectivity index (χ2v) is 4.35. The minimum absolute atomic E-state index is 0.0298. The van der Waals surface area contributed by atoms with Gasteiger partial charge < -0.3 is 0 Å². The Morgan fingerprint density at radius 3 is 2.65 bits per heavy atom. The number of fused-ring (bicyclic) bond motifs is 1. The molecule has 0 spiro atoms. The molecule has 0 atom stereocenters. The lowest BCUT2D eigenvalue weighted by Gasteiger charge is -2.07. The highest BCUT2D eigenvalue weighted by molar-refractivity contribution is 5.66. The molecule has 0 aromatic heterocycles. The molecule has 0 fully saturated rings. The van der Waals surface area contributed by atoms with Crippen LogP contribution in [0.4, 0.5) is 8.78 Å². The quantitative estimate of drug-likeness (QED) is 0.695. The van der Waals surface area contributed by atoms with Crippen LogP contribution in [0.2, 0.25) is 0 Å². The van der Waals surface area contributed by atoms with Crippen LogP contribution in [-0.2, 0) is 12.8 Å². The van der Waals surface area contributed by atoms with Crippen molar-refractivity contribution in [2.24, 2.45) is 0 Å². The van der Waals surface area contributed by atoms with Crippen LogP contribution in [0.3, 0.4) is 0 Å². The van der Waals surface area contributed by atoms with Crippen LogP contribution in [-0.4, -0.2) is 0 Å². The van der Waals surface area contributed by atoms with E-state index in [0.717, 1.165) is 19.3 Å². The minimum Gasteiger partial charge on any atom is -0.206 e. The van der Waals surface area contributed by atoms with Gasteiger partial charge in [-0.3, -0.25) is 0 Å². The summed E-state index contributed by atoms with van der Waals surface area (Å²) in [7, 11) is 0. The van der Waals surface area contributed by atoms with Crippen molar-refractivity contribution in [3.8, 4) is 11.1 Å². The van der Waals surface area contributed by atoms with Crippen LogP contribution in [0, 0.1) is 17.7 Å². The molecule has 1 aliphatic rings. The molecule has 3 rings (SSSR count). The molecule has 1 radical (unpaired) electrons. The Bertz CT molecular complexity index is 553. The van der Waals surface area contributed by atoms with Gasteiger partial charge in [0.15, 0.2) is 0 Å². The molecule has 1 aliphatic carbocycles. The van der Waals surface area contributed by atoms with Gasteiger partial charge >= 0.3 is 0 Å². The third-order valence-electron chi connectivity index (χ3n) is 3.29. The van der Waals surface area contributed by atoms with E-state index < -0.39 is 11.6 Å². The molecule has 0 nitrogen and oxygen atoms in total. The summed E-state index contributed by atoms with van der Waals surface area (Å²) < 4.78 is 27.2. The van der Waals surface area contributed by atoms with Gasteiger partial charge in [-0.2, -0.15) is 0 Å². The first-order valence-electron chi connectivity index (χ1n) is 5.73. The van der Waals surface area contributed by atoms with E-state index in [1.165, 1.54) is 23.3 Å². The summed E-state index contributed by atoms with van der Waals surface area (Å²) >= 11 is 0. The first kappa shape index (κ1) is 10.5. The highest BCUT2D eigenvalue weighted by atomic mass is 19.1. The maximum absolute atomic E-state index is 13.6. The van der Waals surface area contributed by atoms with Crippen molar-refractivity contribution in [1.82, 2.24) is 0 Å². The van der Waals surface area contributed by atoms with Gasteiger partial charge in [0.2, 0.25) is 0 Å². The molecule has 0 saturated heterocycles. The summed E-state index contributed by atoms with van der Waals surface area (Å²) in [5.74, 6) is -1.15. The van der Waals surface area contributed by atoms with Crippen LogP contribution in [0.15, 0.2) is 30.3 Å². The van der Waals surface area contributed by atoms with Gasteiger partial charge in [-0.1, -0.05) is 18.2 Å². The number of aryl methyl sites for hydroxylation is 2. The second kappa shape index (κ2) is 3.95. The van der Waals surface area contributed by atoms with Crippen molar-refractivity contribution in [2.75, 3.05) is 0 Å². The molecule has 2 heteroatoms. The predicted molar refractivity (Wildman–Crippen MR) is 62.7 cm³/mol. The third kappa shape index (κ3) is 1.74. The van der Waals surface area contributed by atoms with Crippen LogP contribution in [0.25, 0.3) is 11.1 Å². The van der Waals surface area contributed by atoms with Crippen molar-refractivity contribution in [1.29, 1.82) is 0 Å². The summed E-state index contributed by atoms with van der Waals surface area (Å²) in [6.45, 7) is 0. The summed E-state index contributed by atoms with van der Waals surface area (Å²) in [5.41, 5.74) is 3.15. The summed E-state index contributed by atoms with van der Waals surface area (Å²) in [6.07, 6.45) is 3.20. The van der Waals surface area contributed by atoms with E-state index in [-0.39, 0.29) is 5.56 Å². The Morgan fingerprint density at radius 1 is 1.00 bits per heavy atom. The van der Waals surface area contributed by atoms with Gasteiger partial charge in [0.1, 0.15) is 11.6 Å². The fraction of sp³-hybridized carbons (Fsp3) is 0.200. The van der Waals surface area contributed by atoms with Crippen molar-refractivity contribution >= 4 is 0 Å². The SMILES string of the molecule is Fc1[c]ccc(F)c1-c1ccc2c(c1)CCC2. The molecule has 0 unspecified atom stereocenters. The first-order valence-corrected chi connectivity index (χ1v) is 5.73. The van der Waals surface area contributed by atoms with Crippen LogP contribution < -0.4 is 0 Å². The summed E-state index contributed by atoms with van der Waals surface area (Å²) in [5, 5.41) is 0. The topological polar surface area (TPSA) is 0 Å². The maximum atomic E-state index is 13.6. The molecular weight excluding hydrogens is 218 g/mol. The molecule has 2 aromatic rings. The maximum Gasteiger partial charge on any atom is 0.141 e. The highest BCUT2D eigenvalue weighted by Crippen LogP contribution is 2.30. The standard InChI is InChI=1S/C15H11F2/c16-13-5-2-6-14(17)15(13)12-8-7-10-3-1-4-11(10)9-12/h2,5,7-9H,1,3-4H2. The molecule has 0 bridgehead atoms. The fourth-order valence-corrected chi connectivity index (χ4v) is 2.44. The average Bonchev–Trinajstić information content (AvgIpc) is 2.76. The van der Waals surface area contributed by atoms with E-state index >= 15 is 0 Å². The minimum atomic E-state index is -0.622. The molecule has 85 valence electrons. The Labute approximate surface area is 98.9 Å². The van der Waals surface area contributed by atoms with Gasteiger partial charge in [0.05, 0.1) is 5.56 Å². The molecule has 0 N–H and O–H groups in total. The summed E-state index contributed by atoms with van der Waals surface area (Å²) in [6, 6.07) is 10.6. The molecule has 0 aliphatic heterocycles. The largest absolute Gasteiger partial charge is 0.206 e. The smallest absolute Gasteiger partial charge is 0.141 e. The van der Waals surface area contributed by atoms with Crippen molar-refractivity contribution in [3.05, 3.63) is 59.2 Å². The zero-order chi connectivity index (χ0) is 11.8. The van der Waals surface area contributed by atoms with E-state index in [0.29, 0.717) is 5.56 Å². The lowest BCUT2D eigenvalue weighted by Crippen LogP contribution is -1.91. The molecular formula is C15H11F2. The van der Waals surface area contributed by atoms with Crippen molar-refractivity contribution < 1.29 is 8.78 Å². The van der Waals surface area contributed by atoms with E-state index in [1.807, 2.05) is 12.1 Å². The zero-order valence-corrected chi connectivity index (χ0v) is 9.26. The van der Waals surface area contributed by atoms with Crippen LogP contribution in [0.5, 0.6) is 0 Å². The number of rotatable bonds is 1. The third-order valence-corrected chi connectivity index (χ3v) is 3.29. The fourth-order valence-electron chi connectivity index (χ4n) is 2.44. The normalized spacial score (nSPS) is 13.8. The number of hydrogen-bond donors (Lipinski definition) is 0. The lowest BCUT2D eigenvalue weighted by atomic mass is 10.00. The van der Waals surface area contributed by atoms with Crippen molar-refractivity contribution in [2.45, 2.75) is 19.3 Å². The van der Waals surface area contributed by atoms with Gasteiger partial charge in [-0.25, -0.2) is 8.78 Å². The Hall–Kier alpha value is -1.70. The average molecular weight is 229 g/mol. The van der Waals surface area contributed by atoms with Gasteiger partial charge in [-0.05, 0) is 48.1 Å². The van der Waals surface area contributed by atoms with E-state index in [4.69, 9.17) is 0 Å². The van der Waals surface area contributed by atoms with Crippen LogP contribution in [0.1, 0.15) is 17.5 Å². The molecule has 0 saturated carbocycles. The highest BCUT2D eigenvalue weighted by Gasteiger charge is 2.15. The zero-order valence-electron chi connectivity index (χ0n) is 9.26. The van der Waals surface area contributed by atoms with E-state index in [1.54, 1.807) is 6.07 Å². The molecule has 0 amide bonds. The molecule has 17 heavy (non-hydrogen) atoms. The molecule has 0 heterocycles. The summed E-state index contributed by atoms with van der Waals surface area (Å²) in [4.78, 5) is 0. The van der Waals surface area contributed by atoms with Gasteiger partial charge in [-0.15, -0.1) is 0 Å². The van der Waals surface area contributed by atoms with Gasteiger partial charge in [0, 0.05) is 6.07 Å². The molecule has 2 aromatic carbocycles. The first-order chi connectivity index (χ1) is 8.25. The van der Waals surface area contributed by atoms with E-state index in [2.05, 4.69) is 6.07 Å². The second-order valence-electron chi connectivity index (χ2n) is 4.35. The van der Waals surface area contributed by atoms with Gasteiger partial charge in [0.25, 0.3) is 0 Å².